The molecule has 4 nitrogen and oxygen atoms in total. The first-order chi connectivity index (χ1) is 9.47. The van der Waals surface area contributed by atoms with E-state index in [-0.39, 0.29) is 0 Å². The SMILES string of the molecule is C/C(=N/NC(=O)c1cc(Br)c[nH]1)c1ccc(F)c(F)c1. The van der Waals surface area contributed by atoms with Gasteiger partial charge in [0.1, 0.15) is 5.69 Å². The lowest BCUT2D eigenvalue weighted by Crippen LogP contribution is -2.19. The number of carbonyl (C=O) groups is 1. The Kier molecular flexibility index (Phi) is 4.29. The number of nitrogens with zero attached hydrogens (tertiary/aromatic N) is 1. The van der Waals surface area contributed by atoms with Crippen molar-refractivity contribution in [1.82, 2.24) is 10.4 Å². The maximum Gasteiger partial charge on any atom is 0.287 e. The molecule has 0 bridgehead atoms. The maximum absolute atomic E-state index is 13.1. The van der Waals surface area contributed by atoms with Crippen molar-refractivity contribution < 1.29 is 13.6 Å². The summed E-state index contributed by atoms with van der Waals surface area (Å²) < 4.78 is 26.6. The molecule has 1 heterocycles. The number of aromatic amines is 1. The van der Waals surface area contributed by atoms with Crippen molar-refractivity contribution in [2.75, 3.05) is 0 Å². The van der Waals surface area contributed by atoms with E-state index in [0.29, 0.717) is 17.0 Å². The topological polar surface area (TPSA) is 57.2 Å². The number of halogens is 3. The highest BCUT2D eigenvalue weighted by Crippen LogP contribution is 2.11. The molecule has 1 amide bonds. The first-order valence-corrected chi connectivity index (χ1v) is 6.40. The van der Waals surface area contributed by atoms with Gasteiger partial charge >= 0.3 is 0 Å². The normalized spacial score (nSPS) is 11.5. The molecule has 7 heteroatoms. The molecule has 2 aromatic rings. The van der Waals surface area contributed by atoms with Crippen molar-refractivity contribution in [1.29, 1.82) is 0 Å². The standard InChI is InChI=1S/C13H10BrF2N3O/c1-7(8-2-3-10(15)11(16)4-8)18-19-13(20)12-5-9(14)6-17-12/h2-6,17H,1H3,(H,19,20)/b18-7-. The van der Waals surface area contributed by atoms with Crippen LogP contribution < -0.4 is 5.43 Å². The first-order valence-electron chi connectivity index (χ1n) is 5.61. The molecule has 1 aromatic carbocycles. The van der Waals surface area contributed by atoms with Crippen molar-refractivity contribution in [3.8, 4) is 0 Å². The molecule has 1 aromatic heterocycles. The predicted molar refractivity (Wildman–Crippen MR) is 74.5 cm³/mol. The Labute approximate surface area is 122 Å². The van der Waals surface area contributed by atoms with Crippen LogP contribution in [-0.4, -0.2) is 16.6 Å². The number of aromatic nitrogens is 1. The van der Waals surface area contributed by atoms with E-state index in [9.17, 15) is 13.6 Å². The first kappa shape index (κ1) is 14.4. The maximum atomic E-state index is 13.1. The number of hydrogen-bond acceptors (Lipinski definition) is 2. The van der Waals surface area contributed by atoms with Gasteiger partial charge in [-0.3, -0.25) is 4.79 Å². The van der Waals surface area contributed by atoms with E-state index in [4.69, 9.17) is 0 Å². The van der Waals surface area contributed by atoms with Crippen molar-refractivity contribution >= 4 is 27.5 Å². The molecule has 0 aliphatic carbocycles. The third-order valence-electron chi connectivity index (χ3n) is 2.55. The van der Waals surface area contributed by atoms with Crippen LogP contribution >= 0.6 is 15.9 Å². The fourth-order valence-corrected chi connectivity index (χ4v) is 1.82. The second kappa shape index (κ2) is 5.96. The molecule has 0 saturated heterocycles. The van der Waals surface area contributed by atoms with Gasteiger partial charge in [0.05, 0.1) is 5.71 Å². The summed E-state index contributed by atoms with van der Waals surface area (Å²) in [5.41, 5.74) is 3.41. The molecule has 0 spiro atoms. The molecule has 0 radical (unpaired) electrons. The van der Waals surface area contributed by atoms with Crippen LogP contribution in [-0.2, 0) is 0 Å². The van der Waals surface area contributed by atoms with Gasteiger partial charge in [-0.05, 0) is 47.1 Å². The molecule has 104 valence electrons. The summed E-state index contributed by atoms with van der Waals surface area (Å²) >= 11 is 3.21. The molecule has 0 fully saturated rings. The van der Waals surface area contributed by atoms with Crippen LogP contribution in [0.5, 0.6) is 0 Å². The molecule has 0 saturated carbocycles. The van der Waals surface area contributed by atoms with Crippen LogP contribution in [0, 0.1) is 11.6 Å². The highest BCUT2D eigenvalue weighted by molar-refractivity contribution is 9.10. The Morgan fingerprint density at radius 3 is 2.65 bits per heavy atom. The second-order valence-electron chi connectivity index (χ2n) is 4.00. The monoisotopic (exact) mass is 341 g/mol. The number of amides is 1. The number of benzene rings is 1. The van der Waals surface area contributed by atoms with E-state index in [2.05, 4.69) is 31.4 Å². The Morgan fingerprint density at radius 1 is 1.30 bits per heavy atom. The highest BCUT2D eigenvalue weighted by atomic mass is 79.9. The molecule has 2 rings (SSSR count). The van der Waals surface area contributed by atoms with Crippen molar-refractivity contribution in [3.63, 3.8) is 0 Å². The Morgan fingerprint density at radius 2 is 2.05 bits per heavy atom. The summed E-state index contributed by atoms with van der Waals surface area (Å²) in [7, 11) is 0. The minimum Gasteiger partial charge on any atom is -0.356 e. The van der Waals surface area contributed by atoms with Crippen LogP contribution in [0.4, 0.5) is 8.78 Å². The minimum absolute atomic E-state index is 0.332. The number of H-pyrrole nitrogens is 1. The van der Waals surface area contributed by atoms with Gasteiger partial charge in [0.2, 0.25) is 0 Å². The van der Waals surface area contributed by atoms with Gasteiger partial charge in [0, 0.05) is 16.2 Å². The molecule has 0 aliphatic heterocycles. The summed E-state index contributed by atoms with van der Waals surface area (Å²) in [6, 6.07) is 5.01. The molecular weight excluding hydrogens is 332 g/mol. The zero-order valence-electron chi connectivity index (χ0n) is 10.4. The number of rotatable bonds is 3. The third kappa shape index (κ3) is 3.30. The lowest BCUT2D eigenvalue weighted by molar-refractivity contribution is 0.0950. The zero-order valence-corrected chi connectivity index (χ0v) is 12.0. The van der Waals surface area contributed by atoms with E-state index < -0.39 is 17.5 Å². The molecule has 0 atom stereocenters. The van der Waals surface area contributed by atoms with Crippen LogP contribution in [0.1, 0.15) is 23.0 Å². The predicted octanol–water partition coefficient (Wildman–Crippen LogP) is 3.21. The average molecular weight is 342 g/mol. The zero-order chi connectivity index (χ0) is 14.7. The molecule has 0 unspecified atom stereocenters. The Hall–Kier alpha value is -2.02. The van der Waals surface area contributed by atoms with Gasteiger partial charge in [-0.1, -0.05) is 0 Å². The van der Waals surface area contributed by atoms with E-state index in [1.807, 2.05) is 0 Å². The number of nitrogens with one attached hydrogen (secondary N) is 2. The highest BCUT2D eigenvalue weighted by Gasteiger charge is 2.08. The summed E-state index contributed by atoms with van der Waals surface area (Å²) in [4.78, 5) is 14.5. The quantitative estimate of drug-likeness (QED) is 0.653. The summed E-state index contributed by atoms with van der Waals surface area (Å²) in [5.74, 6) is -2.32. The minimum atomic E-state index is -0.961. The van der Waals surface area contributed by atoms with Crippen LogP contribution in [0.15, 0.2) is 40.0 Å². The second-order valence-corrected chi connectivity index (χ2v) is 4.91. The van der Waals surface area contributed by atoms with E-state index >= 15 is 0 Å². The number of hydrogen-bond donors (Lipinski definition) is 2. The van der Waals surface area contributed by atoms with Gasteiger partial charge in [0.15, 0.2) is 11.6 Å². The van der Waals surface area contributed by atoms with Gasteiger partial charge in [-0.2, -0.15) is 5.10 Å². The van der Waals surface area contributed by atoms with Crippen LogP contribution in [0.25, 0.3) is 0 Å². The van der Waals surface area contributed by atoms with E-state index in [0.717, 1.165) is 16.6 Å². The molecule has 2 N–H and O–H groups in total. The van der Waals surface area contributed by atoms with Crippen molar-refractivity contribution in [3.05, 3.63) is 57.8 Å². The van der Waals surface area contributed by atoms with Gasteiger partial charge in [0.25, 0.3) is 5.91 Å². The smallest absolute Gasteiger partial charge is 0.287 e. The van der Waals surface area contributed by atoms with E-state index in [1.165, 1.54) is 6.07 Å². The summed E-state index contributed by atoms with van der Waals surface area (Å²) in [6.45, 7) is 1.58. The number of hydrazone groups is 1. The van der Waals surface area contributed by atoms with E-state index in [1.54, 1.807) is 19.2 Å². The van der Waals surface area contributed by atoms with Crippen molar-refractivity contribution in [2.24, 2.45) is 5.10 Å². The van der Waals surface area contributed by atoms with Gasteiger partial charge in [-0.15, -0.1) is 0 Å². The Balaban J connectivity index is 2.10. The lowest BCUT2D eigenvalue weighted by atomic mass is 10.1. The van der Waals surface area contributed by atoms with Gasteiger partial charge < -0.3 is 4.98 Å². The largest absolute Gasteiger partial charge is 0.356 e. The Bertz CT molecular complexity index is 682. The fraction of sp³-hybridized carbons (Fsp3) is 0.0769. The average Bonchev–Trinajstić information content (AvgIpc) is 2.85. The van der Waals surface area contributed by atoms with Crippen molar-refractivity contribution in [2.45, 2.75) is 6.92 Å². The third-order valence-corrected chi connectivity index (χ3v) is 3.01. The molecule has 0 aliphatic rings. The number of carbonyl (C=O) groups excluding carboxylic acids is 1. The molecule has 20 heavy (non-hydrogen) atoms. The fourth-order valence-electron chi connectivity index (χ4n) is 1.48. The van der Waals surface area contributed by atoms with Crippen LogP contribution in [0.3, 0.4) is 0 Å². The van der Waals surface area contributed by atoms with Gasteiger partial charge in [-0.25, -0.2) is 14.2 Å². The van der Waals surface area contributed by atoms with Crippen LogP contribution in [0.2, 0.25) is 0 Å². The summed E-state index contributed by atoms with van der Waals surface area (Å²) in [5, 5.41) is 3.84. The summed E-state index contributed by atoms with van der Waals surface area (Å²) in [6.07, 6.45) is 1.61. The molecular formula is C13H10BrF2N3O. The lowest BCUT2D eigenvalue weighted by Gasteiger charge is -2.02.